The van der Waals surface area contributed by atoms with Crippen molar-refractivity contribution in [1.82, 2.24) is 14.1 Å². The molecule has 0 aliphatic carbocycles. The van der Waals surface area contributed by atoms with Gasteiger partial charge in [0.1, 0.15) is 11.5 Å². The summed E-state index contributed by atoms with van der Waals surface area (Å²) in [6.45, 7) is 0.0447. The maximum atomic E-state index is 13.3. The third kappa shape index (κ3) is 6.22. The summed E-state index contributed by atoms with van der Waals surface area (Å²) in [5.74, 6) is -0.786. The molecular weight excluding hydrogens is 626 g/mol. The number of nitrogens with one attached hydrogen (secondary N) is 1. The zero-order chi connectivity index (χ0) is 24.9. The molecule has 1 amide bonds. The predicted octanol–water partition coefficient (Wildman–Crippen LogP) is 5.73. The smallest absolute Gasteiger partial charge is 0.268 e. The van der Waals surface area contributed by atoms with Gasteiger partial charge in [-0.1, -0.05) is 48.0 Å². The van der Waals surface area contributed by atoms with E-state index in [0.29, 0.717) is 17.7 Å². The number of carbonyl (C=O) groups is 1. The molecule has 2 N–H and O–H groups in total. The highest BCUT2D eigenvalue weighted by atomic mass is 127. The molecule has 0 aliphatic heterocycles. The fraction of sp³-hybridized carbons (Fsp3) is 0.0870. The van der Waals surface area contributed by atoms with Crippen LogP contribution in [-0.4, -0.2) is 23.4 Å². The number of hydrogen-bond acceptors (Lipinski definition) is 5. The van der Waals surface area contributed by atoms with Crippen molar-refractivity contribution in [2.24, 2.45) is 0 Å². The molecule has 1 heterocycles. The Hall–Kier alpha value is -2.45. The van der Waals surface area contributed by atoms with Crippen molar-refractivity contribution >= 4 is 74.6 Å². The van der Waals surface area contributed by atoms with E-state index in [1.54, 1.807) is 18.2 Å². The number of amides is 1. The second kappa shape index (κ2) is 11.5. The van der Waals surface area contributed by atoms with E-state index in [4.69, 9.17) is 11.6 Å². The van der Waals surface area contributed by atoms with Crippen LogP contribution in [0.4, 0.5) is 15.9 Å². The first kappa shape index (κ1) is 25.6. The zero-order valence-electron chi connectivity index (χ0n) is 17.8. The van der Waals surface area contributed by atoms with E-state index in [-0.39, 0.29) is 28.6 Å². The fourth-order valence-electron chi connectivity index (χ4n) is 3.33. The molecule has 4 rings (SSSR count). The van der Waals surface area contributed by atoms with E-state index in [1.165, 1.54) is 18.2 Å². The first-order valence-electron chi connectivity index (χ1n) is 10.1. The van der Waals surface area contributed by atoms with Gasteiger partial charge in [0.2, 0.25) is 0 Å². The van der Waals surface area contributed by atoms with Gasteiger partial charge in [0.15, 0.2) is 5.82 Å². The zero-order valence-corrected chi connectivity index (χ0v) is 22.4. The van der Waals surface area contributed by atoms with E-state index >= 15 is 0 Å². The Morgan fingerprint density at radius 3 is 2.63 bits per heavy atom. The lowest BCUT2D eigenvalue weighted by Crippen LogP contribution is -2.28. The van der Waals surface area contributed by atoms with Crippen molar-refractivity contribution in [2.75, 3.05) is 4.31 Å². The Labute approximate surface area is 226 Å². The maximum Gasteiger partial charge on any atom is 0.268 e. The van der Waals surface area contributed by atoms with Crippen LogP contribution in [0.3, 0.4) is 0 Å². The third-order valence-corrected chi connectivity index (χ3v) is 7.24. The Kier molecular flexibility index (Phi) is 8.44. The summed E-state index contributed by atoms with van der Waals surface area (Å²) in [5.41, 5.74) is 2.35. The summed E-state index contributed by atoms with van der Waals surface area (Å²) >= 11 is 6.50. The van der Waals surface area contributed by atoms with Crippen molar-refractivity contribution in [3.05, 3.63) is 104 Å². The molecule has 0 aliphatic rings. The number of anilines is 2. The molecule has 1 unspecified atom stereocenters. The molecule has 0 saturated carbocycles. The van der Waals surface area contributed by atoms with E-state index < -0.39 is 23.0 Å². The van der Waals surface area contributed by atoms with Gasteiger partial charge in [-0.25, -0.2) is 12.9 Å². The summed E-state index contributed by atoms with van der Waals surface area (Å²) < 4.78 is 46.5. The van der Waals surface area contributed by atoms with Crippen molar-refractivity contribution in [2.45, 2.75) is 13.0 Å². The monoisotopic (exact) mass is 642 g/mol. The molecule has 12 heteroatoms. The average Bonchev–Trinajstić information content (AvgIpc) is 3.26. The van der Waals surface area contributed by atoms with Crippen molar-refractivity contribution in [3.8, 4) is 0 Å². The Bertz CT molecular complexity index is 1390. The molecule has 3 aromatic carbocycles. The summed E-state index contributed by atoms with van der Waals surface area (Å²) in [6.07, 6.45) is 0.398. The number of hydrogen-bond donors (Lipinski definition) is 2. The highest BCUT2D eigenvalue weighted by molar-refractivity contribution is 14.1. The van der Waals surface area contributed by atoms with Crippen LogP contribution in [0.2, 0.25) is 5.02 Å². The first-order valence-corrected chi connectivity index (χ1v) is 13.4. The highest BCUT2D eigenvalue weighted by Crippen LogP contribution is 2.33. The topological polar surface area (TPSA) is 95.4 Å². The predicted molar refractivity (Wildman–Crippen MR) is 144 cm³/mol. The van der Waals surface area contributed by atoms with Crippen molar-refractivity contribution < 1.29 is 17.9 Å². The van der Waals surface area contributed by atoms with Gasteiger partial charge in [0, 0.05) is 21.6 Å². The quantitative estimate of drug-likeness (QED) is 0.189. The molecule has 0 spiro atoms. The molecule has 1 atom stereocenters. The second-order valence-electron chi connectivity index (χ2n) is 7.30. The standard InChI is InChI=1S/C23H17ClFIN4O3S2/c24-19-11-16(25)7-6-15(19)13-27-23(31)18-9-8-17(26)12-21(18)30(35(32)33)22-20(28-34-29-22)10-14-4-2-1-3-5-14/h1-9,11-12H,10,13H2,(H,27,31)(H,32,33). The van der Waals surface area contributed by atoms with Crippen LogP contribution in [0, 0.1) is 9.39 Å². The van der Waals surface area contributed by atoms with Crippen LogP contribution in [0.15, 0.2) is 66.7 Å². The van der Waals surface area contributed by atoms with E-state index in [1.807, 2.05) is 30.3 Å². The fourth-order valence-corrected chi connectivity index (χ4v) is 5.25. The normalized spacial score (nSPS) is 11.8. The molecule has 7 nitrogen and oxygen atoms in total. The van der Waals surface area contributed by atoms with Gasteiger partial charge in [-0.3, -0.25) is 9.35 Å². The molecule has 1 aromatic heterocycles. The SMILES string of the molecule is O=C(NCc1ccc(F)cc1Cl)c1ccc(I)cc1N(c1nsnc1Cc1ccccc1)S(=O)O. The highest BCUT2D eigenvalue weighted by Gasteiger charge is 2.27. The van der Waals surface area contributed by atoms with E-state index in [2.05, 4.69) is 36.7 Å². The number of halogens is 3. The van der Waals surface area contributed by atoms with Gasteiger partial charge < -0.3 is 5.32 Å². The number of rotatable bonds is 8. The second-order valence-corrected chi connectivity index (χ2v) is 10.3. The van der Waals surface area contributed by atoms with Crippen molar-refractivity contribution in [1.29, 1.82) is 0 Å². The lowest BCUT2D eigenvalue weighted by molar-refractivity contribution is 0.0951. The van der Waals surface area contributed by atoms with Gasteiger partial charge in [-0.2, -0.15) is 8.75 Å². The maximum absolute atomic E-state index is 13.3. The molecule has 35 heavy (non-hydrogen) atoms. The van der Waals surface area contributed by atoms with Crippen LogP contribution < -0.4 is 9.62 Å². The van der Waals surface area contributed by atoms with Gasteiger partial charge in [0.25, 0.3) is 17.2 Å². The number of nitrogens with zero attached hydrogens (tertiary/aromatic N) is 3. The first-order chi connectivity index (χ1) is 16.8. The summed E-state index contributed by atoms with van der Waals surface area (Å²) in [7, 11) is 0. The van der Waals surface area contributed by atoms with Gasteiger partial charge >= 0.3 is 0 Å². The Morgan fingerprint density at radius 1 is 1.14 bits per heavy atom. The van der Waals surface area contributed by atoms with Crippen LogP contribution >= 0.6 is 45.9 Å². The summed E-state index contributed by atoms with van der Waals surface area (Å²) in [6, 6.07) is 18.3. The Morgan fingerprint density at radius 2 is 1.91 bits per heavy atom. The number of benzene rings is 3. The largest absolute Gasteiger partial charge is 0.348 e. The van der Waals surface area contributed by atoms with E-state index in [0.717, 1.165) is 25.2 Å². The molecular formula is C23H17ClFIN4O3S2. The lowest BCUT2D eigenvalue weighted by atomic mass is 10.1. The van der Waals surface area contributed by atoms with Crippen LogP contribution in [0.1, 0.15) is 27.2 Å². The number of aromatic nitrogens is 2. The average molecular weight is 643 g/mol. The summed E-state index contributed by atoms with van der Waals surface area (Å²) in [5, 5.41) is 2.93. The third-order valence-electron chi connectivity index (χ3n) is 4.98. The van der Waals surface area contributed by atoms with Gasteiger partial charge in [-0.15, -0.1) is 0 Å². The number of carbonyl (C=O) groups excluding carboxylic acids is 1. The van der Waals surface area contributed by atoms with Crippen molar-refractivity contribution in [3.63, 3.8) is 0 Å². The molecule has 0 fully saturated rings. The molecule has 180 valence electrons. The molecule has 0 bridgehead atoms. The summed E-state index contributed by atoms with van der Waals surface area (Å²) in [4.78, 5) is 13.1. The lowest BCUT2D eigenvalue weighted by Gasteiger charge is -2.21. The van der Waals surface area contributed by atoms with E-state index in [9.17, 15) is 17.9 Å². The minimum atomic E-state index is -2.54. The van der Waals surface area contributed by atoms with Crippen LogP contribution in [0.5, 0.6) is 0 Å². The molecule has 0 saturated heterocycles. The Balaban J connectivity index is 1.67. The molecule has 4 aromatic rings. The minimum absolute atomic E-state index is 0.0447. The minimum Gasteiger partial charge on any atom is -0.348 e. The van der Waals surface area contributed by atoms with Gasteiger partial charge in [0.05, 0.1) is 23.0 Å². The van der Waals surface area contributed by atoms with Crippen LogP contribution in [-0.2, 0) is 24.2 Å². The van der Waals surface area contributed by atoms with Gasteiger partial charge in [-0.05, 0) is 64.0 Å². The van der Waals surface area contributed by atoms with Crippen LogP contribution in [0.25, 0.3) is 0 Å². The molecule has 0 radical (unpaired) electrons.